The van der Waals surface area contributed by atoms with Gasteiger partial charge in [-0.1, -0.05) is 15.9 Å². The lowest BCUT2D eigenvalue weighted by Crippen LogP contribution is -2.08. The lowest BCUT2D eigenvalue weighted by molar-refractivity contribution is 0.242. The van der Waals surface area contributed by atoms with E-state index in [1.54, 1.807) is 24.3 Å². The number of ether oxygens (including phenoxy) is 1. The highest BCUT2D eigenvalue weighted by Gasteiger charge is 2.13. The van der Waals surface area contributed by atoms with Crippen molar-refractivity contribution in [3.05, 3.63) is 24.3 Å². The maximum absolute atomic E-state index is 12.0. The topological polar surface area (TPSA) is 43.4 Å². The molecule has 0 fully saturated rings. The van der Waals surface area contributed by atoms with E-state index in [-0.39, 0.29) is 11.9 Å². The summed E-state index contributed by atoms with van der Waals surface area (Å²) in [5.74, 6) is 0.896. The fourth-order valence-corrected chi connectivity index (χ4v) is 3.27. The Hall–Kier alpha value is -0.550. The maximum atomic E-state index is 12.0. The molecule has 0 saturated carbocycles. The van der Waals surface area contributed by atoms with E-state index in [1.807, 2.05) is 13.8 Å². The molecule has 0 aliphatic carbocycles. The van der Waals surface area contributed by atoms with E-state index in [0.717, 1.165) is 11.8 Å². The third-order valence-electron chi connectivity index (χ3n) is 2.35. The van der Waals surface area contributed by atoms with Crippen LogP contribution >= 0.6 is 15.9 Å². The van der Waals surface area contributed by atoms with E-state index in [1.165, 1.54) is 0 Å². The Bertz CT molecular complexity index is 452. The predicted octanol–water partition coefficient (Wildman–Crippen LogP) is 3.42. The first-order valence-electron chi connectivity index (χ1n) is 6.01. The van der Waals surface area contributed by atoms with Crippen molar-refractivity contribution in [1.29, 1.82) is 0 Å². The zero-order chi connectivity index (χ0) is 13.6. The molecule has 0 aromatic heterocycles. The summed E-state index contributed by atoms with van der Waals surface area (Å²) >= 11 is 3.29. The highest BCUT2D eigenvalue weighted by Crippen LogP contribution is 2.18. The molecule has 0 atom stereocenters. The van der Waals surface area contributed by atoms with E-state index >= 15 is 0 Å². The van der Waals surface area contributed by atoms with Crippen LogP contribution < -0.4 is 4.74 Å². The van der Waals surface area contributed by atoms with Crippen LogP contribution in [0.15, 0.2) is 29.2 Å². The largest absolute Gasteiger partial charge is 0.491 e. The monoisotopic (exact) mass is 334 g/mol. The van der Waals surface area contributed by atoms with Gasteiger partial charge in [-0.25, -0.2) is 8.42 Å². The molecular weight excluding hydrogens is 316 g/mol. The average Bonchev–Trinajstić information content (AvgIpc) is 2.29. The Morgan fingerprint density at radius 3 is 2.28 bits per heavy atom. The van der Waals surface area contributed by atoms with Crippen LogP contribution in [0.2, 0.25) is 0 Å². The minimum absolute atomic E-state index is 0.0892. The molecule has 0 amide bonds. The molecule has 0 N–H and O–H groups in total. The SMILES string of the molecule is CC(C)Oc1ccc(S(=O)(=O)CCCCBr)cc1. The van der Waals surface area contributed by atoms with Gasteiger partial charge in [-0.2, -0.15) is 0 Å². The number of rotatable bonds is 7. The van der Waals surface area contributed by atoms with Gasteiger partial charge < -0.3 is 4.74 Å². The average molecular weight is 335 g/mol. The molecule has 1 aromatic carbocycles. The molecule has 0 aliphatic heterocycles. The second-order valence-electron chi connectivity index (χ2n) is 4.35. The zero-order valence-corrected chi connectivity index (χ0v) is 13.1. The van der Waals surface area contributed by atoms with Crippen molar-refractivity contribution in [2.24, 2.45) is 0 Å². The molecule has 0 spiro atoms. The third-order valence-corrected chi connectivity index (χ3v) is 4.73. The Morgan fingerprint density at radius 2 is 1.78 bits per heavy atom. The van der Waals surface area contributed by atoms with Crippen LogP contribution in [0.3, 0.4) is 0 Å². The van der Waals surface area contributed by atoms with Crippen molar-refractivity contribution in [1.82, 2.24) is 0 Å². The minimum atomic E-state index is -3.15. The second-order valence-corrected chi connectivity index (χ2v) is 7.26. The molecule has 1 aromatic rings. The number of hydrogen-bond donors (Lipinski definition) is 0. The molecular formula is C13H19BrO3S. The Labute approximate surface area is 118 Å². The lowest BCUT2D eigenvalue weighted by atomic mass is 10.3. The summed E-state index contributed by atoms with van der Waals surface area (Å²) in [5.41, 5.74) is 0. The van der Waals surface area contributed by atoms with Crippen LogP contribution in [0.1, 0.15) is 26.7 Å². The maximum Gasteiger partial charge on any atom is 0.178 e. The van der Waals surface area contributed by atoms with Crippen molar-refractivity contribution in [3.8, 4) is 5.75 Å². The second kappa shape index (κ2) is 7.14. The first-order valence-corrected chi connectivity index (χ1v) is 8.78. The van der Waals surface area contributed by atoms with Gasteiger partial charge in [0.05, 0.1) is 16.8 Å². The van der Waals surface area contributed by atoms with Gasteiger partial charge in [-0.3, -0.25) is 0 Å². The summed E-state index contributed by atoms with van der Waals surface area (Å²) in [7, 11) is -3.15. The number of alkyl halides is 1. The Balaban J connectivity index is 2.71. The smallest absolute Gasteiger partial charge is 0.178 e. The van der Waals surface area contributed by atoms with Crippen molar-refractivity contribution in [2.75, 3.05) is 11.1 Å². The molecule has 0 radical (unpaired) electrons. The first kappa shape index (κ1) is 15.5. The fourth-order valence-electron chi connectivity index (χ4n) is 1.50. The van der Waals surface area contributed by atoms with Crippen molar-refractivity contribution in [2.45, 2.75) is 37.7 Å². The summed E-state index contributed by atoms with van der Waals surface area (Å²) in [6.07, 6.45) is 1.64. The van der Waals surface area contributed by atoms with E-state index in [0.29, 0.717) is 17.1 Å². The number of hydrogen-bond acceptors (Lipinski definition) is 3. The Morgan fingerprint density at radius 1 is 1.17 bits per heavy atom. The molecule has 102 valence electrons. The van der Waals surface area contributed by atoms with Gasteiger partial charge in [0.1, 0.15) is 5.75 Å². The molecule has 5 heteroatoms. The molecule has 0 aliphatic rings. The van der Waals surface area contributed by atoms with Crippen LogP contribution in [0.25, 0.3) is 0 Å². The summed E-state index contributed by atoms with van der Waals surface area (Å²) in [6.45, 7) is 3.87. The van der Waals surface area contributed by atoms with E-state index in [4.69, 9.17) is 4.74 Å². The number of sulfone groups is 1. The number of benzene rings is 1. The van der Waals surface area contributed by atoms with Gasteiger partial charge in [0.2, 0.25) is 0 Å². The molecule has 0 saturated heterocycles. The molecule has 18 heavy (non-hydrogen) atoms. The van der Waals surface area contributed by atoms with E-state index in [2.05, 4.69) is 15.9 Å². The van der Waals surface area contributed by atoms with Crippen LogP contribution in [0, 0.1) is 0 Å². The third kappa shape index (κ3) is 4.98. The van der Waals surface area contributed by atoms with Crippen molar-refractivity contribution in [3.63, 3.8) is 0 Å². The predicted molar refractivity (Wildman–Crippen MR) is 77.3 cm³/mol. The minimum Gasteiger partial charge on any atom is -0.491 e. The van der Waals surface area contributed by atoms with E-state index in [9.17, 15) is 8.42 Å². The van der Waals surface area contributed by atoms with Gasteiger partial charge in [0.25, 0.3) is 0 Å². The molecule has 1 rings (SSSR count). The molecule has 0 bridgehead atoms. The number of unbranched alkanes of at least 4 members (excludes halogenated alkanes) is 1. The lowest BCUT2D eigenvalue weighted by Gasteiger charge is -2.10. The number of halogens is 1. The summed E-state index contributed by atoms with van der Waals surface area (Å²) in [6, 6.07) is 6.64. The van der Waals surface area contributed by atoms with Gasteiger partial charge in [-0.15, -0.1) is 0 Å². The van der Waals surface area contributed by atoms with E-state index < -0.39 is 9.84 Å². The normalized spacial score (nSPS) is 11.8. The fraction of sp³-hybridized carbons (Fsp3) is 0.538. The van der Waals surface area contributed by atoms with Crippen LogP contribution in [0.5, 0.6) is 5.75 Å². The Kier molecular flexibility index (Phi) is 6.15. The molecule has 0 unspecified atom stereocenters. The first-order chi connectivity index (χ1) is 8.45. The highest BCUT2D eigenvalue weighted by atomic mass is 79.9. The molecule has 0 heterocycles. The van der Waals surface area contributed by atoms with Crippen LogP contribution in [0.4, 0.5) is 0 Å². The van der Waals surface area contributed by atoms with Gasteiger partial charge in [0.15, 0.2) is 9.84 Å². The standard InChI is InChI=1S/C13H19BrO3S/c1-11(2)17-12-5-7-13(8-6-12)18(15,16)10-4-3-9-14/h5-8,11H,3-4,9-10H2,1-2H3. The van der Waals surface area contributed by atoms with Gasteiger partial charge in [0, 0.05) is 5.33 Å². The quantitative estimate of drug-likeness (QED) is 0.566. The van der Waals surface area contributed by atoms with Crippen LogP contribution in [-0.2, 0) is 9.84 Å². The zero-order valence-electron chi connectivity index (χ0n) is 10.7. The van der Waals surface area contributed by atoms with Crippen molar-refractivity contribution >= 4 is 25.8 Å². The van der Waals surface area contributed by atoms with Crippen LogP contribution in [-0.4, -0.2) is 25.6 Å². The summed E-state index contributed by atoms with van der Waals surface area (Å²) < 4.78 is 29.4. The molecule has 3 nitrogen and oxygen atoms in total. The highest BCUT2D eigenvalue weighted by molar-refractivity contribution is 9.09. The van der Waals surface area contributed by atoms with Crippen molar-refractivity contribution < 1.29 is 13.2 Å². The summed E-state index contributed by atoms with van der Waals surface area (Å²) in [4.78, 5) is 0.369. The van der Waals surface area contributed by atoms with Gasteiger partial charge in [-0.05, 0) is 51.0 Å². The summed E-state index contributed by atoms with van der Waals surface area (Å²) in [5, 5.41) is 0.837. The van der Waals surface area contributed by atoms with Gasteiger partial charge >= 0.3 is 0 Å².